The van der Waals surface area contributed by atoms with Gasteiger partial charge in [-0.25, -0.2) is 0 Å². The maximum Gasteiger partial charge on any atom is 0.263 e. The van der Waals surface area contributed by atoms with Gasteiger partial charge in [-0.2, -0.15) is 26.8 Å². The maximum atomic E-state index is 2.46. The summed E-state index contributed by atoms with van der Waals surface area (Å²) >= 11 is 3.77. The minimum atomic E-state index is -0.974. The molecule has 1 unspecified atom stereocenters. The molecule has 0 aliphatic carbocycles. The fourth-order valence-electron chi connectivity index (χ4n) is 7.85. The highest BCUT2D eigenvalue weighted by atomic mass is 32.2. The number of hydrogen-bond acceptors (Lipinski definition) is 3. The van der Waals surface area contributed by atoms with E-state index in [0.717, 1.165) is 32.4 Å². The summed E-state index contributed by atoms with van der Waals surface area (Å²) in [4.78, 5) is 3.82. The summed E-state index contributed by atoms with van der Waals surface area (Å²) in [5.74, 6) is 0.558. The molecule has 2 nitrogen and oxygen atoms in total. The molecule has 260 valence electrons. The Hall–Kier alpha value is -4.32. The summed E-state index contributed by atoms with van der Waals surface area (Å²) in [6.45, 7) is 13.5. The van der Waals surface area contributed by atoms with E-state index in [1.54, 1.807) is 0 Å². The van der Waals surface area contributed by atoms with Gasteiger partial charge >= 0.3 is 0 Å². The molecule has 1 aliphatic heterocycles. The number of thioether (sulfide) groups is 1. The van der Waals surface area contributed by atoms with Crippen molar-refractivity contribution in [3.05, 3.63) is 161 Å². The van der Waals surface area contributed by atoms with Gasteiger partial charge in [0.1, 0.15) is 11.2 Å². The summed E-state index contributed by atoms with van der Waals surface area (Å²) < 4.78 is 3.82. The van der Waals surface area contributed by atoms with Gasteiger partial charge in [-0.1, -0.05) is 172 Å². The molecule has 0 bridgehead atoms. The van der Waals surface area contributed by atoms with Crippen molar-refractivity contribution in [3.8, 4) is 0 Å². The number of fused-ring (bicyclic) bond motifs is 2. The van der Waals surface area contributed by atoms with Crippen LogP contribution in [0.3, 0.4) is 0 Å². The second kappa shape index (κ2) is 17.3. The van der Waals surface area contributed by atoms with E-state index < -0.39 is 6.15 Å². The van der Waals surface area contributed by atoms with Crippen molar-refractivity contribution in [2.45, 2.75) is 71.1 Å². The maximum absolute atomic E-state index is 2.46. The SMILES string of the molecule is CCC(C)[B-](c1ccccc1)(c1ccccc1)c1ccccc1.CCCN1/C(=C/C(C)=C/c2sc3ccccc3[n+]2CCC)Sc2ccccc21. The Morgan fingerprint density at radius 1 is 0.706 bits per heavy atom. The van der Waals surface area contributed by atoms with Crippen molar-refractivity contribution in [3.63, 3.8) is 0 Å². The summed E-state index contributed by atoms with van der Waals surface area (Å²) in [5, 5.41) is 2.67. The predicted octanol–water partition coefficient (Wildman–Crippen LogP) is 10.8. The molecule has 0 radical (unpaired) electrons. The lowest BCUT2D eigenvalue weighted by atomic mass is 9.10. The molecular weight excluding hydrogens is 655 g/mol. The van der Waals surface area contributed by atoms with Crippen molar-refractivity contribution in [1.82, 2.24) is 0 Å². The van der Waals surface area contributed by atoms with E-state index in [0.29, 0.717) is 5.82 Å². The molecule has 2 heterocycles. The minimum Gasteiger partial charge on any atom is -0.335 e. The van der Waals surface area contributed by atoms with E-state index in [9.17, 15) is 0 Å². The van der Waals surface area contributed by atoms with Crippen LogP contribution in [0.5, 0.6) is 0 Å². The molecule has 1 aromatic heterocycles. The number of thiazole rings is 1. The third-order valence-corrected chi connectivity index (χ3v) is 12.6. The van der Waals surface area contributed by atoms with Gasteiger partial charge in [0, 0.05) is 30.0 Å². The van der Waals surface area contributed by atoms with Crippen molar-refractivity contribution in [2.75, 3.05) is 11.4 Å². The van der Waals surface area contributed by atoms with Crippen LogP contribution < -0.4 is 25.9 Å². The average Bonchev–Trinajstić information content (AvgIpc) is 3.70. The van der Waals surface area contributed by atoms with Crippen LogP contribution in [0.1, 0.15) is 58.9 Å². The highest BCUT2D eigenvalue weighted by Gasteiger charge is 2.34. The van der Waals surface area contributed by atoms with Crippen LogP contribution in [0.25, 0.3) is 16.3 Å². The zero-order valence-corrected chi connectivity index (χ0v) is 32.5. The average molecular weight is 707 g/mol. The fourth-order valence-corrected chi connectivity index (χ4v) is 10.2. The Morgan fingerprint density at radius 2 is 1.25 bits per heavy atom. The molecule has 6 aromatic rings. The second-order valence-corrected chi connectivity index (χ2v) is 15.8. The molecule has 5 aromatic carbocycles. The van der Waals surface area contributed by atoms with Gasteiger partial charge in [0.25, 0.3) is 5.01 Å². The molecule has 0 spiro atoms. The van der Waals surface area contributed by atoms with Crippen molar-refractivity contribution < 1.29 is 4.57 Å². The summed E-state index contributed by atoms with van der Waals surface area (Å²) in [7, 11) is 0. The monoisotopic (exact) mass is 706 g/mol. The number of para-hydroxylation sites is 2. The molecular formula is C46H51BN2S2. The number of aryl methyl sites for hydroxylation is 1. The van der Waals surface area contributed by atoms with Crippen LogP contribution in [-0.2, 0) is 6.54 Å². The molecule has 1 atom stereocenters. The normalized spacial score (nSPS) is 14.3. The van der Waals surface area contributed by atoms with E-state index in [2.05, 4.69) is 196 Å². The Labute approximate surface area is 314 Å². The predicted molar refractivity (Wildman–Crippen MR) is 228 cm³/mol. The Kier molecular flexibility index (Phi) is 12.3. The Morgan fingerprint density at radius 3 is 1.82 bits per heavy atom. The molecule has 0 saturated heterocycles. The smallest absolute Gasteiger partial charge is 0.263 e. The number of benzene rings is 5. The van der Waals surface area contributed by atoms with Gasteiger partial charge in [-0.05, 0) is 43.2 Å². The lowest BCUT2D eigenvalue weighted by molar-refractivity contribution is -0.668. The quantitative estimate of drug-likeness (QED) is 0.0978. The first-order valence-electron chi connectivity index (χ1n) is 18.7. The summed E-state index contributed by atoms with van der Waals surface area (Å²) in [6.07, 6.45) is 7.16. The van der Waals surface area contributed by atoms with Crippen LogP contribution in [0, 0.1) is 0 Å². The van der Waals surface area contributed by atoms with Gasteiger partial charge in [-0.3, -0.25) is 0 Å². The first-order chi connectivity index (χ1) is 25.0. The fraction of sp³-hybridized carbons (Fsp3) is 0.239. The third-order valence-electron chi connectivity index (χ3n) is 10.3. The molecule has 5 heteroatoms. The van der Waals surface area contributed by atoms with E-state index in [1.807, 2.05) is 23.1 Å². The zero-order chi connectivity index (χ0) is 35.6. The van der Waals surface area contributed by atoms with Crippen LogP contribution >= 0.6 is 23.1 Å². The first kappa shape index (κ1) is 36.5. The van der Waals surface area contributed by atoms with Gasteiger partial charge in [-0.15, -0.1) is 0 Å². The number of aromatic nitrogens is 1. The highest BCUT2D eigenvalue weighted by molar-refractivity contribution is 8.03. The molecule has 0 amide bonds. The minimum absolute atomic E-state index is 0.558. The highest BCUT2D eigenvalue weighted by Crippen LogP contribution is 2.46. The standard InChI is InChI=1S/C24H27N2S2.C22H24B/c1-4-14-25-19-10-6-8-12-21(19)27-23(25)16-18(3)17-24-26(15-5-2)20-11-7-9-13-22(20)28-24;1-3-19(2)23(20-13-7-4-8-14-20,21-15-9-5-10-16-21)22-17-11-6-12-18-22/h6-13,16-17H,4-5,14-15H2,1-3H3;4-19H,3H2,1-2H3/q+1;-1. The number of hydrogen-bond donors (Lipinski definition) is 0. The molecule has 0 fully saturated rings. The van der Waals surface area contributed by atoms with Crippen LogP contribution in [-0.4, -0.2) is 12.7 Å². The largest absolute Gasteiger partial charge is 0.335 e. The van der Waals surface area contributed by atoms with Crippen LogP contribution in [0.15, 0.2) is 161 Å². The zero-order valence-electron chi connectivity index (χ0n) is 30.8. The second-order valence-electron chi connectivity index (χ2n) is 13.7. The lowest BCUT2D eigenvalue weighted by Crippen LogP contribution is -2.69. The molecule has 51 heavy (non-hydrogen) atoms. The number of nitrogens with zero attached hydrogens (tertiary/aromatic N) is 2. The van der Waals surface area contributed by atoms with Gasteiger partial charge in [0.2, 0.25) is 5.52 Å². The van der Waals surface area contributed by atoms with Crippen LogP contribution in [0.2, 0.25) is 5.82 Å². The van der Waals surface area contributed by atoms with Gasteiger partial charge in [0.05, 0.1) is 16.9 Å². The Balaban J connectivity index is 0.000000179. The third kappa shape index (κ3) is 7.81. The number of anilines is 1. The van der Waals surface area contributed by atoms with Crippen molar-refractivity contribution in [1.29, 1.82) is 0 Å². The van der Waals surface area contributed by atoms with Crippen molar-refractivity contribution >= 4 is 67.6 Å². The van der Waals surface area contributed by atoms with E-state index in [-0.39, 0.29) is 0 Å². The van der Waals surface area contributed by atoms with Crippen LogP contribution in [0.4, 0.5) is 5.69 Å². The lowest BCUT2D eigenvalue weighted by Gasteiger charge is -2.48. The summed E-state index contributed by atoms with van der Waals surface area (Å²) in [6, 6.07) is 50.6. The van der Waals surface area contributed by atoms with Gasteiger partial charge in [0.15, 0.2) is 0 Å². The number of rotatable bonds is 11. The molecule has 7 rings (SSSR count). The number of allylic oxidation sites excluding steroid dienone is 2. The first-order valence-corrected chi connectivity index (χ1v) is 20.3. The van der Waals surface area contributed by atoms with Crippen molar-refractivity contribution in [2.24, 2.45) is 0 Å². The Bertz CT molecular complexity index is 1970. The molecule has 0 N–H and O–H groups in total. The summed E-state index contributed by atoms with van der Waals surface area (Å²) in [5.41, 5.74) is 8.28. The molecule has 1 aliphatic rings. The van der Waals surface area contributed by atoms with Gasteiger partial charge < -0.3 is 4.90 Å². The van der Waals surface area contributed by atoms with E-state index in [1.165, 1.54) is 52.8 Å². The van der Waals surface area contributed by atoms with E-state index in [4.69, 9.17) is 0 Å². The topological polar surface area (TPSA) is 7.12 Å². The molecule has 0 saturated carbocycles. The van der Waals surface area contributed by atoms with E-state index >= 15 is 0 Å².